The van der Waals surface area contributed by atoms with Gasteiger partial charge in [0.2, 0.25) is 17.7 Å². The molecule has 9 nitrogen and oxygen atoms in total. The lowest BCUT2D eigenvalue weighted by atomic mass is 10.1. The van der Waals surface area contributed by atoms with E-state index < -0.39 is 0 Å². The van der Waals surface area contributed by atoms with E-state index in [1.165, 1.54) is 0 Å². The molecule has 4 rings (SSSR count). The third-order valence-corrected chi connectivity index (χ3v) is 4.67. The van der Waals surface area contributed by atoms with Gasteiger partial charge in [0.15, 0.2) is 0 Å². The van der Waals surface area contributed by atoms with Crippen molar-refractivity contribution in [3.8, 4) is 17.3 Å². The highest BCUT2D eigenvalue weighted by Gasteiger charge is 2.23. The minimum atomic E-state index is -0.0133. The Hall–Kier alpha value is -3.27. The summed E-state index contributed by atoms with van der Waals surface area (Å²) in [5, 5.41) is 6.56. The van der Waals surface area contributed by atoms with Crippen molar-refractivity contribution in [1.82, 2.24) is 25.1 Å². The monoisotopic (exact) mass is 398 g/mol. The number of hydrogen-bond acceptors (Lipinski definition) is 8. The van der Waals surface area contributed by atoms with Crippen molar-refractivity contribution in [2.75, 3.05) is 38.2 Å². The first kappa shape index (κ1) is 18.1. The molecule has 10 heteroatoms. The molecule has 3 aromatic rings. The Balaban J connectivity index is 1.40. The van der Waals surface area contributed by atoms with Crippen molar-refractivity contribution in [2.45, 2.75) is 0 Å². The molecule has 1 amide bonds. The second kappa shape index (κ2) is 7.77. The zero-order valence-electron chi connectivity index (χ0n) is 15.2. The molecule has 0 unspecified atom stereocenters. The van der Waals surface area contributed by atoms with Gasteiger partial charge in [0.05, 0.1) is 7.11 Å². The maximum Gasteiger partial charge on any atom is 0.284 e. The van der Waals surface area contributed by atoms with Gasteiger partial charge in [0.1, 0.15) is 0 Å². The number of aromatic amines is 1. The van der Waals surface area contributed by atoms with E-state index in [2.05, 4.69) is 20.2 Å². The summed E-state index contributed by atoms with van der Waals surface area (Å²) in [5.41, 5.74) is 1.37. The first-order valence-corrected chi connectivity index (χ1v) is 9.12. The summed E-state index contributed by atoms with van der Waals surface area (Å²) >= 11 is 4.88. The van der Waals surface area contributed by atoms with Crippen molar-refractivity contribution >= 4 is 24.1 Å². The van der Waals surface area contributed by atoms with Crippen molar-refractivity contribution < 1.29 is 13.9 Å². The van der Waals surface area contributed by atoms with Gasteiger partial charge in [-0.3, -0.25) is 4.79 Å². The van der Waals surface area contributed by atoms with E-state index in [0.29, 0.717) is 49.5 Å². The average molecular weight is 398 g/mol. The lowest BCUT2D eigenvalue weighted by Crippen LogP contribution is -2.49. The number of rotatable bonds is 4. The molecule has 28 heavy (non-hydrogen) atoms. The van der Waals surface area contributed by atoms with Crippen LogP contribution in [0.4, 0.5) is 5.95 Å². The van der Waals surface area contributed by atoms with Crippen molar-refractivity contribution in [1.29, 1.82) is 0 Å². The molecule has 1 aliphatic rings. The number of aromatic nitrogens is 4. The molecule has 1 aromatic carbocycles. The molecule has 0 atom stereocenters. The van der Waals surface area contributed by atoms with Gasteiger partial charge in [-0.25, -0.2) is 10.1 Å². The van der Waals surface area contributed by atoms with Gasteiger partial charge in [-0.15, -0.1) is 5.10 Å². The van der Waals surface area contributed by atoms with E-state index in [4.69, 9.17) is 21.4 Å². The third kappa shape index (κ3) is 3.72. The third-order valence-electron chi connectivity index (χ3n) is 4.49. The quantitative estimate of drug-likeness (QED) is 0.668. The Bertz CT molecular complexity index is 1020. The largest absolute Gasteiger partial charge is 0.481 e. The first-order chi connectivity index (χ1) is 13.6. The minimum absolute atomic E-state index is 0.0133. The molecule has 1 fully saturated rings. The number of nitrogens with one attached hydrogen (secondary N) is 1. The van der Waals surface area contributed by atoms with Crippen LogP contribution in [0.2, 0.25) is 0 Å². The number of amides is 1. The summed E-state index contributed by atoms with van der Waals surface area (Å²) in [4.78, 5) is 25.5. The smallest absolute Gasteiger partial charge is 0.284 e. The lowest BCUT2D eigenvalue weighted by molar-refractivity contribution is 0.0746. The predicted molar refractivity (Wildman–Crippen MR) is 104 cm³/mol. The summed E-state index contributed by atoms with van der Waals surface area (Å²) in [5.74, 6) is 1.52. The lowest BCUT2D eigenvalue weighted by Gasteiger charge is -2.34. The van der Waals surface area contributed by atoms with E-state index in [1.54, 1.807) is 43.6 Å². The van der Waals surface area contributed by atoms with Crippen LogP contribution < -0.4 is 9.64 Å². The molecule has 0 radical (unpaired) electrons. The second-order valence-electron chi connectivity index (χ2n) is 6.17. The maximum absolute atomic E-state index is 12.8. The highest BCUT2D eigenvalue weighted by molar-refractivity contribution is 7.71. The Morgan fingerprint density at radius 3 is 2.57 bits per heavy atom. The Kier molecular flexibility index (Phi) is 5.02. The fourth-order valence-electron chi connectivity index (χ4n) is 3.00. The molecule has 0 aliphatic carbocycles. The fraction of sp³-hybridized carbons (Fsp3) is 0.278. The number of carbonyl (C=O) groups excluding carboxylic acids is 1. The maximum atomic E-state index is 12.8. The predicted octanol–water partition coefficient (Wildman–Crippen LogP) is 2.16. The van der Waals surface area contributed by atoms with E-state index in [9.17, 15) is 4.79 Å². The van der Waals surface area contributed by atoms with Gasteiger partial charge in [-0.1, -0.05) is 0 Å². The molecule has 1 saturated heterocycles. The van der Waals surface area contributed by atoms with Crippen LogP contribution in [0.15, 0.2) is 40.9 Å². The number of anilines is 1. The van der Waals surface area contributed by atoms with Gasteiger partial charge in [-0.05, 0) is 36.5 Å². The van der Waals surface area contributed by atoms with Crippen LogP contribution in [0.25, 0.3) is 11.5 Å². The van der Waals surface area contributed by atoms with Crippen molar-refractivity contribution in [3.63, 3.8) is 0 Å². The van der Waals surface area contributed by atoms with Crippen molar-refractivity contribution in [2.24, 2.45) is 0 Å². The summed E-state index contributed by atoms with van der Waals surface area (Å²) in [6.07, 6.45) is 1.67. The van der Waals surface area contributed by atoms with Gasteiger partial charge >= 0.3 is 0 Å². The normalized spacial score (nSPS) is 14.2. The highest BCUT2D eigenvalue weighted by Crippen LogP contribution is 2.19. The fourth-order valence-corrected chi connectivity index (χ4v) is 3.12. The number of piperazine rings is 1. The van der Waals surface area contributed by atoms with Crippen LogP contribution >= 0.6 is 12.2 Å². The number of methoxy groups -OCH3 is 1. The average Bonchev–Trinajstić information content (AvgIpc) is 3.20. The molecule has 1 aliphatic heterocycles. The van der Waals surface area contributed by atoms with Gasteiger partial charge < -0.3 is 19.0 Å². The minimum Gasteiger partial charge on any atom is -0.481 e. The van der Waals surface area contributed by atoms with Crippen LogP contribution in [0.5, 0.6) is 5.88 Å². The molecule has 1 N–H and O–H groups in total. The number of benzene rings is 1. The van der Waals surface area contributed by atoms with Crippen LogP contribution in [0.1, 0.15) is 10.4 Å². The molecular formula is C18H18N6O3S. The molecule has 3 heterocycles. The molecular weight excluding hydrogens is 380 g/mol. The molecule has 0 bridgehead atoms. The Morgan fingerprint density at radius 2 is 1.93 bits per heavy atom. The van der Waals surface area contributed by atoms with Gasteiger partial charge in [-0.2, -0.15) is 4.98 Å². The Morgan fingerprint density at radius 1 is 1.18 bits per heavy atom. The van der Waals surface area contributed by atoms with E-state index >= 15 is 0 Å². The topological polar surface area (TPSA) is 100 Å². The first-order valence-electron chi connectivity index (χ1n) is 8.71. The zero-order valence-corrected chi connectivity index (χ0v) is 16.0. The van der Waals surface area contributed by atoms with Crippen LogP contribution in [0.3, 0.4) is 0 Å². The van der Waals surface area contributed by atoms with Crippen LogP contribution in [-0.4, -0.2) is 64.3 Å². The number of hydrogen-bond donors (Lipinski definition) is 1. The van der Waals surface area contributed by atoms with E-state index in [0.717, 1.165) is 5.56 Å². The molecule has 0 saturated carbocycles. The van der Waals surface area contributed by atoms with Gasteiger partial charge in [0.25, 0.3) is 10.7 Å². The SMILES string of the molecule is COc1ccnc(N2CCN(C(=O)c3ccc(-c4n[nH]c(=S)o4)cc3)CC2)n1. The van der Waals surface area contributed by atoms with E-state index in [-0.39, 0.29) is 10.7 Å². The second-order valence-corrected chi connectivity index (χ2v) is 6.54. The molecule has 144 valence electrons. The number of H-pyrrole nitrogens is 1. The molecule has 2 aromatic heterocycles. The zero-order chi connectivity index (χ0) is 19.5. The molecule has 0 spiro atoms. The van der Waals surface area contributed by atoms with Crippen LogP contribution in [0, 0.1) is 4.84 Å². The highest BCUT2D eigenvalue weighted by atomic mass is 32.1. The standard InChI is InChI=1S/C18H18N6O3S/c1-26-14-6-7-19-17(20-14)24-10-8-23(9-11-24)16(25)13-4-2-12(3-5-13)15-21-22-18(28)27-15/h2-7H,8-11H2,1H3,(H,22,28). The summed E-state index contributed by atoms with van der Waals surface area (Å²) in [6.45, 7) is 2.50. The summed E-state index contributed by atoms with van der Waals surface area (Å²) in [6, 6.07) is 8.83. The summed E-state index contributed by atoms with van der Waals surface area (Å²) in [7, 11) is 1.57. The van der Waals surface area contributed by atoms with Crippen LogP contribution in [-0.2, 0) is 0 Å². The Labute approximate surface area is 166 Å². The number of ether oxygens (including phenoxy) is 1. The van der Waals surface area contributed by atoms with E-state index in [1.807, 2.05) is 9.80 Å². The van der Waals surface area contributed by atoms with Crippen molar-refractivity contribution in [3.05, 3.63) is 46.9 Å². The number of carbonyl (C=O) groups is 1. The van der Waals surface area contributed by atoms with Gasteiger partial charge in [0, 0.05) is 49.6 Å². The number of nitrogens with zero attached hydrogens (tertiary/aromatic N) is 5. The summed E-state index contributed by atoms with van der Waals surface area (Å²) < 4.78 is 10.4.